The highest BCUT2D eigenvalue weighted by Gasteiger charge is 2.48. The molecule has 1 atom stereocenters. The van der Waals surface area contributed by atoms with E-state index >= 15 is 0 Å². The molecule has 1 amide bonds. The number of amides is 1. The number of aliphatic hydroxyl groups excluding tert-OH is 1. The van der Waals surface area contributed by atoms with Gasteiger partial charge in [0, 0.05) is 11.3 Å². The van der Waals surface area contributed by atoms with E-state index < -0.39 is 17.7 Å². The topological polar surface area (TPSA) is 111 Å². The number of carbonyl (C=O) groups excluding carboxylic acids is 2. The minimum absolute atomic E-state index is 0.0793. The molecule has 1 N–H and O–H groups in total. The van der Waals surface area contributed by atoms with Crippen molar-refractivity contribution in [1.29, 1.82) is 0 Å². The number of methoxy groups -OCH3 is 2. The number of benzene rings is 4. The normalized spacial score (nSPS) is 15.6. The Morgan fingerprint density at radius 1 is 0.872 bits per heavy atom. The zero-order valence-corrected chi connectivity index (χ0v) is 27.5. The number of nitrogens with zero attached hydrogens (tertiary/aromatic N) is 3. The molecule has 11 heteroatoms. The fourth-order valence-electron chi connectivity index (χ4n) is 5.28. The van der Waals surface area contributed by atoms with Gasteiger partial charge in [-0.15, -0.1) is 10.2 Å². The summed E-state index contributed by atoms with van der Waals surface area (Å²) >= 11 is 2.69. The quantitative estimate of drug-likeness (QED) is 0.0509. The summed E-state index contributed by atoms with van der Waals surface area (Å²) in [7, 11) is 3.02. The molecule has 0 saturated carbocycles. The van der Waals surface area contributed by atoms with Crippen molar-refractivity contribution in [3.05, 3.63) is 130 Å². The maximum Gasteiger partial charge on any atom is 0.301 e. The van der Waals surface area contributed by atoms with Crippen molar-refractivity contribution in [3.63, 3.8) is 0 Å². The lowest BCUT2D eigenvalue weighted by molar-refractivity contribution is -0.132. The molecule has 9 nitrogen and oxygen atoms in total. The van der Waals surface area contributed by atoms with Gasteiger partial charge in [0.1, 0.15) is 18.1 Å². The average Bonchev–Trinajstić information content (AvgIpc) is 3.68. The van der Waals surface area contributed by atoms with Gasteiger partial charge < -0.3 is 19.3 Å². The van der Waals surface area contributed by atoms with Crippen LogP contribution in [0.25, 0.3) is 5.76 Å². The van der Waals surface area contributed by atoms with Gasteiger partial charge in [0.2, 0.25) is 5.13 Å². The highest BCUT2D eigenvalue weighted by molar-refractivity contribution is 8.00. The number of thioether (sulfide) groups is 1. The molecule has 1 saturated heterocycles. The van der Waals surface area contributed by atoms with Crippen LogP contribution in [-0.2, 0) is 21.9 Å². The van der Waals surface area contributed by atoms with Gasteiger partial charge in [0.05, 0.1) is 25.8 Å². The molecule has 4 aromatic carbocycles. The van der Waals surface area contributed by atoms with Crippen molar-refractivity contribution in [3.8, 4) is 17.2 Å². The second kappa shape index (κ2) is 14.1. The van der Waals surface area contributed by atoms with Crippen LogP contribution in [0.4, 0.5) is 5.13 Å². The fourth-order valence-corrected chi connectivity index (χ4v) is 7.10. The van der Waals surface area contributed by atoms with Crippen molar-refractivity contribution >= 4 is 45.7 Å². The zero-order chi connectivity index (χ0) is 32.9. The molecule has 238 valence electrons. The summed E-state index contributed by atoms with van der Waals surface area (Å²) in [6, 6.07) is 28.8. The van der Waals surface area contributed by atoms with E-state index in [2.05, 4.69) is 16.3 Å². The average molecular weight is 666 g/mol. The van der Waals surface area contributed by atoms with Crippen LogP contribution in [0.2, 0.25) is 0 Å². The first-order valence-corrected chi connectivity index (χ1v) is 16.5. The summed E-state index contributed by atoms with van der Waals surface area (Å²) in [4.78, 5) is 28.7. The van der Waals surface area contributed by atoms with Crippen LogP contribution in [0.1, 0.15) is 33.9 Å². The number of rotatable bonds is 11. The summed E-state index contributed by atoms with van der Waals surface area (Å²) in [5, 5.41) is 20.5. The minimum Gasteiger partial charge on any atom is -0.507 e. The molecule has 0 aliphatic carbocycles. The SMILES string of the molecule is COc1ccc(C2/C(=C(\O)c3ccc(OCc4cccc(C)c4)cc3)C(=O)C(=O)N2c2nnc(SCc3ccccc3)s2)cc1OC. The van der Waals surface area contributed by atoms with E-state index in [1.165, 1.54) is 42.2 Å². The molecular weight excluding hydrogens is 635 g/mol. The Kier molecular flexibility index (Phi) is 9.55. The predicted molar refractivity (Wildman–Crippen MR) is 182 cm³/mol. The van der Waals surface area contributed by atoms with E-state index in [0.717, 1.165) is 16.7 Å². The van der Waals surface area contributed by atoms with Gasteiger partial charge in [-0.05, 0) is 60.0 Å². The first-order valence-electron chi connectivity index (χ1n) is 14.7. The number of ketones is 1. The van der Waals surface area contributed by atoms with E-state index in [4.69, 9.17) is 14.2 Å². The summed E-state index contributed by atoms with van der Waals surface area (Å²) in [6.45, 7) is 2.40. The lowest BCUT2D eigenvalue weighted by Gasteiger charge is -2.23. The van der Waals surface area contributed by atoms with Gasteiger partial charge >= 0.3 is 5.91 Å². The maximum atomic E-state index is 13.7. The standard InChI is InChI=1S/C36H31N3O6S2/c1-22-8-7-11-24(18-22)20-45-27-15-12-25(13-16-27)32(40)30-31(26-14-17-28(43-2)29(19-26)44-3)39(34(42)33(30)41)35-37-38-36(47-35)46-21-23-9-5-4-6-10-23/h4-19,31,40H,20-21H2,1-3H3/b32-30+. The monoisotopic (exact) mass is 665 g/mol. The molecule has 0 radical (unpaired) electrons. The van der Waals surface area contributed by atoms with Crippen molar-refractivity contribution in [1.82, 2.24) is 10.2 Å². The minimum atomic E-state index is -1.01. The number of Topliss-reactive ketones (excluding diaryl/α,β-unsaturated/α-hetero) is 1. The summed E-state index contributed by atoms with van der Waals surface area (Å²) in [6.07, 6.45) is 0. The summed E-state index contributed by atoms with van der Waals surface area (Å²) in [5.41, 5.74) is 4.09. The Labute approximate surface area is 280 Å². The van der Waals surface area contributed by atoms with Crippen LogP contribution in [0.5, 0.6) is 17.2 Å². The predicted octanol–water partition coefficient (Wildman–Crippen LogP) is 7.36. The molecule has 2 heterocycles. The second-order valence-corrected chi connectivity index (χ2v) is 12.9. The smallest absolute Gasteiger partial charge is 0.301 e. The van der Waals surface area contributed by atoms with E-state index in [-0.39, 0.29) is 16.5 Å². The molecule has 6 rings (SSSR count). The van der Waals surface area contributed by atoms with E-state index in [1.807, 2.05) is 55.5 Å². The Hall–Kier alpha value is -5.13. The van der Waals surface area contributed by atoms with Gasteiger partial charge in [-0.25, -0.2) is 0 Å². The maximum absolute atomic E-state index is 13.7. The number of aromatic nitrogens is 2. The molecule has 5 aromatic rings. The van der Waals surface area contributed by atoms with Crippen molar-refractivity contribution < 1.29 is 28.9 Å². The fraction of sp³-hybridized carbons (Fsp3) is 0.167. The third kappa shape index (κ3) is 6.86. The second-order valence-electron chi connectivity index (χ2n) is 10.7. The van der Waals surface area contributed by atoms with Crippen LogP contribution in [0.15, 0.2) is 107 Å². The molecule has 0 bridgehead atoms. The largest absolute Gasteiger partial charge is 0.507 e. The summed E-state index contributed by atoms with van der Waals surface area (Å²) in [5.74, 6) is 0.161. The van der Waals surface area contributed by atoms with Crippen molar-refractivity contribution in [2.75, 3.05) is 19.1 Å². The highest BCUT2D eigenvalue weighted by atomic mass is 32.2. The number of hydrogen-bond donors (Lipinski definition) is 1. The van der Waals surface area contributed by atoms with Gasteiger partial charge in [0.15, 0.2) is 15.8 Å². The molecule has 1 fully saturated rings. The lowest BCUT2D eigenvalue weighted by atomic mass is 9.95. The number of anilines is 1. The van der Waals surface area contributed by atoms with Crippen LogP contribution in [0, 0.1) is 6.92 Å². The molecule has 1 unspecified atom stereocenters. The van der Waals surface area contributed by atoms with Gasteiger partial charge in [-0.1, -0.05) is 89.3 Å². The third-order valence-corrected chi connectivity index (χ3v) is 9.72. The van der Waals surface area contributed by atoms with Gasteiger partial charge in [0.25, 0.3) is 5.78 Å². The molecule has 1 aliphatic heterocycles. The Bertz CT molecular complexity index is 1940. The molecular formula is C36H31N3O6S2. The van der Waals surface area contributed by atoms with Crippen LogP contribution in [-0.4, -0.2) is 41.2 Å². The summed E-state index contributed by atoms with van der Waals surface area (Å²) < 4.78 is 17.5. The Balaban J connectivity index is 1.34. The first-order chi connectivity index (χ1) is 22.9. The molecule has 1 aromatic heterocycles. The van der Waals surface area contributed by atoms with Crippen LogP contribution in [0.3, 0.4) is 0 Å². The Morgan fingerprint density at radius 2 is 1.62 bits per heavy atom. The first kappa shape index (κ1) is 31.8. The van der Waals surface area contributed by atoms with Crippen molar-refractivity contribution in [2.45, 2.75) is 29.7 Å². The van der Waals surface area contributed by atoms with Gasteiger partial charge in [-0.2, -0.15) is 0 Å². The van der Waals surface area contributed by atoms with E-state index in [0.29, 0.717) is 45.1 Å². The molecule has 1 aliphatic rings. The van der Waals surface area contributed by atoms with E-state index in [9.17, 15) is 14.7 Å². The number of carbonyl (C=O) groups is 2. The van der Waals surface area contributed by atoms with Crippen molar-refractivity contribution in [2.24, 2.45) is 0 Å². The number of aryl methyl sites for hydroxylation is 1. The number of ether oxygens (including phenoxy) is 3. The zero-order valence-electron chi connectivity index (χ0n) is 25.9. The van der Waals surface area contributed by atoms with Crippen LogP contribution >= 0.6 is 23.1 Å². The lowest BCUT2D eigenvalue weighted by Crippen LogP contribution is -2.29. The number of aliphatic hydroxyl groups is 1. The molecule has 47 heavy (non-hydrogen) atoms. The number of hydrogen-bond acceptors (Lipinski definition) is 10. The van der Waals surface area contributed by atoms with E-state index in [1.54, 1.807) is 42.5 Å². The highest BCUT2D eigenvalue weighted by Crippen LogP contribution is 2.45. The third-order valence-electron chi connectivity index (χ3n) is 7.59. The van der Waals surface area contributed by atoms with Gasteiger partial charge in [-0.3, -0.25) is 14.5 Å². The Morgan fingerprint density at radius 3 is 2.34 bits per heavy atom. The van der Waals surface area contributed by atoms with Crippen LogP contribution < -0.4 is 19.1 Å². The molecule has 0 spiro atoms.